The van der Waals surface area contributed by atoms with E-state index in [-0.39, 0.29) is 17.5 Å². The van der Waals surface area contributed by atoms with Gasteiger partial charge in [-0.3, -0.25) is 24.6 Å². The van der Waals surface area contributed by atoms with Crippen molar-refractivity contribution < 1.29 is 24.0 Å². The van der Waals surface area contributed by atoms with Gasteiger partial charge in [0, 0.05) is 18.3 Å². The number of hydrogen-bond acceptors (Lipinski definition) is 6. The second-order valence-electron chi connectivity index (χ2n) is 4.93. The van der Waals surface area contributed by atoms with Crippen molar-refractivity contribution in [1.29, 1.82) is 0 Å². The number of nitrogens with zero attached hydrogens (tertiary/aromatic N) is 2. The number of fused-ring (bicyclic) bond motifs is 1. The summed E-state index contributed by atoms with van der Waals surface area (Å²) < 4.78 is 4.59. The van der Waals surface area contributed by atoms with Gasteiger partial charge in [0.25, 0.3) is 11.8 Å². The van der Waals surface area contributed by atoms with E-state index in [2.05, 4.69) is 4.74 Å². The number of esters is 1. The number of carbonyl (C=O) groups is 3. The molecule has 0 aliphatic carbocycles. The van der Waals surface area contributed by atoms with E-state index < -0.39 is 34.8 Å². The lowest BCUT2D eigenvalue weighted by atomic mass is 10.1. The molecule has 1 aliphatic rings. The third kappa shape index (κ3) is 2.54. The van der Waals surface area contributed by atoms with Gasteiger partial charge in [0.1, 0.15) is 6.04 Å². The highest BCUT2D eigenvalue weighted by Crippen LogP contribution is 2.26. The lowest BCUT2D eigenvalue weighted by Crippen LogP contribution is -2.47. The second-order valence-corrected chi connectivity index (χ2v) is 4.93. The molecule has 1 aromatic rings. The van der Waals surface area contributed by atoms with Crippen molar-refractivity contribution >= 4 is 17.8 Å². The number of methoxy groups -OCH3 is 1. The summed E-state index contributed by atoms with van der Waals surface area (Å²) in [7, 11) is 1.10. The van der Waals surface area contributed by atoms with Crippen LogP contribution in [0.1, 0.15) is 34.1 Å². The fourth-order valence-corrected chi connectivity index (χ4v) is 2.34. The first-order valence-electron chi connectivity index (χ1n) is 6.56. The Labute approximate surface area is 125 Å². The number of ether oxygens (including phenoxy) is 1. The van der Waals surface area contributed by atoms with Crippen molar-refractivity contribution in [1.82, 2.24) is 4.90 Å². The van der Waals surface area contributed by atoms with E-state index in [0.717, 1.165) is 12.0 Å². The number of nitro groups is 1. The van der Waals surface area contributed by atoms with Crippen LogP contribution in [-0.4, -0.2) is 46.8 Å². The van der Waals surface area contributed by atoms with E-state index in [1.807, 2.05) is 0 Å². The van der Waals surface area contributed by atoms with Crippen molar-refractivity contribution in [2.75, 3.05) is 7.11 Å². The quantitative estimate of drug-likeness (QED) is 0.346. The van der Waals surface area contributed by atoms with Crippen LogP contribution in [-0.2, 0) is 9.53 Å². The SMILES string of the molecule is COC(=O)[C@H](C[C@H](C)[N+](=O)[O-])N1C(=O)c2ccccc2C1=O. The molecule has 0 unspecified atom stereocenters. The maximum Gasteiger partial charge on any atom is 0.329 e. The molecular weight excluding hydrogens is 292 g/mol. The molecule has 1 aromatic carbocycles. The van der Waals surface area contributed by atoms with Gasteiger partial charge in [-0.2, -0.15) is 0 Å². The fourth-order valence-electron chi connectivity index (χ4n) is 2.34. The molecule has 0 N–H and O–H groups in total. The molecule has 0 radical (unpaired) electrons. The zero-order valence-corrected chi connectivity index (χ0v) is 12.0. The molecule has 8 nitrogen and oxygen atoms in total. The Kier molecular flexibility index (Phi) is 4.20. The van der Waals surface area contributed by atoms with Crippen LogP contribution in [0.15, 0.2) is 24.3 Å². The van der Waals surface area contributed by atoms with E-state index in [1.165, 1.54) is 19.1 Å². The molecule has 0 spiro atoms. The highest BCUT2D eigenvalue weighted by Gasteiger charge is 2.44. The van der Waals surface area contributed by atoms with Crippen LogP contribution in [0.2, 0.25) is 0 Å². The normalized spacial score (nSPS) is 16.2. The number of hydrogen-bond donors (Lipinski definition) is 0. The molecular formula is C14H14N2O6. The molecule has 0 bridgehead atoms. The molecule has 8 heteroatoms. The standard InChI is InChI=1S/C14H14N2O6/c1-8(16(20)21)7-11(14(19)22-2)15-12(17)9-5-3-4-6-10(9)13(15)18/h3-6,8,11H,7H2,1-2H3/t8-,11-/m0/s1. The van der Waals surface area contributed by atoms with Gasteiger partial charge in [0.05, 0.1) is 18.2 Å². The maximum atomic E-state index is 12.3. The first-order chi connectivity index (χ1) is 10.4. The molecule has 0 saturated carbocycles. The van der Waals surface area contributed by atoms with Crippen LogP contribution in [0.4, 0.5) is 0 Å². The van der Waals surface area contributed by atoms with Crippen LogP contribution < -0.4 is 0 Å². The average Bonchev–Trinajstić information content (AvgIpc) is 2.76. The minimum atomic E-state index is -1.32. The number of rotatable bonds is 5. The van der Waals surface area contributed by atoms with Crippen molar-refractivity contribution in [3.05, 3.63) is 45.5 Å². The van der Waals surface area contributed by atoms with Crippen molar-refractivity contribution in [3.63, 3.8) is 0 Å². The number of benzene rings is 1. The largest absolute Gasteiger partial charge is 0.467 e. The fraction of sp³-hybridized carbons (Fsp3) is 0.357. The molecule has 2 amide bonds. The Morgan fingerprint density at radius 1 is 1.27 bits per heavy atom. The molecule has 0 fully saturated rings. The Morgan fingerprint density at radius 3 is 2.18 bits per heavy atom. The van der Waals surface area contributed by atoms with Crippen LogP contribution in [0.3, 0.4) is 0 Å². The summed E-state index contributed by atoms with van der Waals surface area (Å²) >= 11 is 0. The molecule has 0 aromatic heterocycles. The van der Waals surface area contributed by atoms with Crippen LogP contribution in [0.25, 0.3) is 0 Å². The zero-order valence-electron chi connectivity index (χ0n) is 12.0. The lowest BCUT2D eigenvalue weighted by Gasteiger charge is -2.24. The number of imide groups is 1. The van der Waals surface area contributed by atoms with Gasteiger partial charge in [-0.25, -0.2) is 4.79 Å². The van der Waals surface area contributed by atoms with Gasteiger partial charge in [0.2, 0.25) is 6.04 Å². The first-order valence-corrected chi connectivity index (χ1v) is 6.56. The van der Waals surface area contributed by atoms with Crippen LogP contribution >= 0.6 is 0 Å². The molecule has 0 saturated heterocycles. The minimum absolute atomic E-state index is 0.176. The second kappa shape index (κ2) is 5.92. The van der Waals surface area contributed by atoms with E-state index in [0.29, 0.717) is 0 Å². The average molecular weight is 306 g/mol. The van der Waals surface area contributed by atoms with E-state index in [9.17, 15) is 24.5 Å². The summed E-state index contributed by atoms with van der Waals surface area (Å²) in [5.74, 6) is -2.15. The minimum Gasteiger partial charge on any atom is -0.467 e. The highest BCUT2D eigenvalue weighted by molar-refractivity contribution is 6.22. The van der Waals surface area contributed by atoms with Gasteiger partial charge in [-0.15, -0.1) is 0 Å². The summed E-state index contributed by atoms with van der Waals surface area (Å²) in [6.45, 7) is 1.30. The van der Waals surface area contributed by atoms with Gasteiger partial charge in [-0.05, 0) is 12.1 Å². The molecule has 116 valence electrons. The highest BCUT2D eigenvalue weighted by atomic mass is 16.6. The Hall–Kier alpha value is -2.77. The maximum absolute atomic E-state index is 12.3. The summed E-state index contributed by atoms with van der Waals surface area (Å²) in [6, 6.07) is 3.72. The third-order valence-electron chi connectivity index (χ3n) is 3.53. The molecule has 1 aliphatic heterocycles. The van der Waals surface area contributed by atoms with Gasteiger partial charge in [0.15, 0.2) is 0 Å². The molecule has 22 heavy (non-hydrogen) atoms. The van der Waals surface area contributed by atoms with E-state index >= 15 is 0 Å². The third-order valence-corrected chi connectivity index (χ3v) is 3.53. The van der Waals surface area contributed by atoms with Crippen LogP contribution in [0.5, 0.6) is 0 Å². The summed E-state index contributed by atoms with van der Waals surface area (Å²) in [5.41, 5.74) is 0.352. The number of carbonyl (C=O) groups excluding carboxylic acids is 3. The molecule has 1 heterocycles. The lowest BCUT2D eigenvalue weighted by molar-refractivity contribution is -0.519. The summed E-state index contributed by atoms with van der Waals surface area (Å²) in [5, 5.41) is 10.8. The van der Waals surface area contributed by atoms with Crippen LogP contribution in [0, 0.1) is 10.1 Å². The van der Waals surface area contributed by atoms with Crippen molar-refractivity contribution in [2.24, 2.45) is 0 Å². The molecule has 2 atom stereocenters. The predicted octanol–water partition coefficient (Wildman–Crippen LogP) is 0.879. The monoisotopic (exact) mass is 306 g/mol. The van der Waals surface area contributed by atoms with Gasteiger partial charge >= 0.3 is 5.97 Å². The first kappa shape index (κ1) is 15.6. The summed E-state index contributed by atoms with van der Waals surface area (Å²) in [6.07, 6.45) is -0.300. The smallest absolute Gasteiger partial charge is 0.329 e. The Balaban J connectivity index is 2.37. The zero-order chi connectivity index (χ0) is 16.4. The summed E-state index contributed by atoms with van der Waals surface area (Å²) in [4.78, 5) is 47.6. The van der Waals surface area contributed by atoms with Crippen molar-refractivity contribution in [2.45, 2.75) is 25.4 Å². The topological polar surface area (TPSA) is 107 Å². The van der Waals surface area contributed by atoms with E-state index in [4.69, 9.17) is 0 Å². The Morgan fingerprint density at radius 2 is 1.77 bits per heavy atom. The molecule has 2 rings (SSSR count). The Bertz CT molecular complexity index is 621. The predicted molar refractivity (Wildman–Crippen MR) is 73.8 cm³/mol. The van der Waals surface area contributed by atoms with Gasteiger partial charge < -0.3 is 4.74 Å². The van der Waals surface area contributed by atoms with Gasteiger partial charge in [-0.1, -0.05) is 12.1 Å². The van der Waals surface area contributed by atoms with E-state index in [1.54, 1.807) is 12.1 Å². The number of amides is 2. The van der Waals surface area contributed by atoms with Crippen molar-refractivity contribution in [3.8, 4) is 0 Å².